The Morgan fingerprint density at radius 3 is 2.31 bits per heavy atom. The van der Waals surface area contributed by atoms with Crippen LogP contribution in [0.2, 0.25) is 0 Å². The minimum Gasteiger partial charge on any atom is -0.444 e. The average molecular weight is 496 g/mol. The fourth-order valence-electron chi connectivity index (χ4n) is 5.82. The number of rotatable bonds is 3. The van der Waals surface area contributed by atoms with Crippen molar-refractivity contribution in [3.05, 3.63) is 30.5 Å². The molecule has 194 valence electrons. The molecular weight excluding hydrogens is 458 g/mol. The van der Waals surface area contributed by atoms with E-state index in [4.69, 9.17) is 4.74 Å². The summed E-state index contributed by atoms with van der Waals surface area (Å²) in [6, 6.07) is 8.79. The van der Waals surface area contributed by atoms with Gasteiger partial charge in [0.05, 0.1) is 11.2 Å². The molecule has 36 heavy (non-hydrogen) atoms. The number of anilines is 1. The molecule has 3 heterocycles. The average Bonchev–Trinajstić information content (AvgIpc) is 3.28. The number of piperazine rings is 1. The zero-order valence-electron chi connectivity index (χ0n) is 21.5. The molecule has 0 atom stereocenters. The Hall–Kier alpha value is -3.07. The topological polar surface area (TPSA) is 87.1 Å². The molecule has 1 aromatic carbocycles. The number of nitrogens with one attached hydrogen (secondary N) is 1. The number of amides is 4. The summed E-state index contributed by atoms with van der Waals surface area (Å²) in [6.45, 7) is 9.34. The van der Waals surface area contributed by atoms with Gasteiger partial charge < -0.3 is 14.2 Å². The van der Waals surface area contributed by atoms with Crippen molar-refractivity contribution in [3.8, 4) is 0 Å². The molecule has 1 aromatic heterocycles. The van der Waals surface area contributed by atoms with Crippen LogP contribution in [0, 0.1) is 0 Å². The highest BCUT2D eigenvalue weighted by atomic mass is 16.6. The highest BCUT2D eigenvalue weighted by molar-refractivity contribution is 6.09. The Balaban J connectivity index is 1.20. The van der Waals surface area contributed by atoms with Crippen LogP contribution in [0.3, 0.4) is 0 Å². The maximum Gasteiger partial charge on any atom is 0.410 e. The van der Waals surface area contributed by atoms with Crippen LogP contribution >= 0.6 is 0 Å². The molecule has 9 heteroatoms. The van der Waals surface area contributed by atoms with E-state index >= 15 is 0 Å². The Labute approximate surface area is 212 Å². The minimum absolute atomic E-state index is 0.210. The number of urea groups is 1. The third-order valence-electron chi connectivity index (χ3n) is 7.63. The van der Waals surface area contributed by atoms with Crippen LogP contribution in [0.15, 0.2) is 30.5 Å². The molecule has 0 radical (unpaired) electrons. The lowest BCUT2D eigenvalue weighted by Crippen LogP contribution is -2.53. The van der Waals surface area contributed by atoms with Crippen molar-refractivity contribution in [2.24, 2.45) is 0 Å². The lowest BCUT2D eigenvalue weighted by Gasteiger charge is -2.42. The summed E-state index contributed by atoms with van der Waals surface area (Å²) in [4.78, 5) is 42.4. The molecule has 2 saturated heterocycles. The van der Waals surface area contributed by atoms with Crippen LogP contribution < -0.4 is 10.2 Å². The fourth-order valence-corrected chi connectivity index (χ4v) is 5.82. The van der Waals surface area contributed by atoms with Crippen molar-refractivity contribution >= 4 is 34.6 Å². The predicted molar refractivity (Wildman–Crippen MR) is 138 cm³/mol. The van der Waals surface area contributed by atoms with Crippen LogP contribution in [0.25, 0.3) is 10.9 Å². The summed E-state index contributed by atoms with van der Waals surface area (Å²) in [6.07, 6.45) is 6.72. The van der Waals surface area contributed by atoms with E-state index in [0.29, 0.717) is 25.0 Å². The van der Waals surface area contributed by atoms with Gasteiger partial charge in [-0.2, -0.15) is 0 Å². The van der Waals surface area contributed by atoms with Gasteiger partial charge in [0, 0.05) is 62.8 Å². The van der Waals surface area contributed by atoms with Gasteiger partial charge in [0.15, 0.2) is 0 Å². The maximum atomic E-state index is 12.4. The van der Waals surface area contributed by atoms with Crippen molar-refractivity contribution in [2.75, 3.05) is 37.6 Å². The zero-order chi connectivity index (χ0) is 25.4. The Kier molecular flexibility index (Phi) is 6.68. The summed E-state index contributed by atoms with van der Waals surface area (Å²) in [5.41, 5.74) is 1.52. The van der Waals surface area contributed by atoms with Gasteiger partial charge in [0.2, 0.25) is 5.91 Å². The first-order valence-corrected chi connectivity index (χ1v) is 13.1. The third-order valence-corrected chi connectivity index (χ3v) is 7.63. The first kappa shape index (κ1) is 24.6. The van der Waals surface area contributed by atoms with Gasteiger partial charge in [-0.3, -0.25) is 19.9 Å². The summed E-state index contributed by atoms with van der Waals surface area (Å²) >= 11 is 0. The second kappa shape index (κ2) is 9.76. The summed E-state index contributed by atoms with van der Waals surface area (Å²) in [5.74, 6) is -0.219. The SMILES string of the molecule is CC(C)(C)OC(=O)N1CCN(C2CCC(n3ccc4c(N5CCC(=O)NC5=O)cccc43)CC2)CC1. The van der Waals surface area contributed by atoms with Crippen molar-refractivity contribution < 1.29 is 19.1 Å². The quantitative estimate of drug-likeness (QED) is 0.692. The Morgan fingerprint density at radius 1 is 0.944 bits per heavy atom. The lowest BCUT2D eigenvalue weighted by atomic mass is 9.89. The Morgan fingerprint density at radius 2 is 1.64 bits per heavy atom. The van der Waals surface area contributed by atoms with Crippen molar-refractivity contribution in [1.29, 1.82) is 0 Å². The molecule has 0 unspecified atom stereocenters. The van der Waals surface area contributed by atoms with Crippen LogP contribution in [0.5, 0.6) is 0 Å². The molecule has 5 rings (SSSR count). The molecule has 2 aliphatic heterocycles. The molecule has 3 aliphatic rings. The number of hydrogen-bond acceptors (Lipinski definition) is 5. The van der Waals surface area contributed by atoms with Crippen LogP contribution in [-0.2, 0) is 9.53 Å². The highest BCUT2D eigenvalue weighted by Crippen LogP contribution is 2.36. The smallest absolute Gasteiger partial charge is 0.410 e. The standard InChI is InChI=1S/C27H37N5O4/c1-27(2,3)36-26(35)30-17-15-29(16-18-30)19-7-9-20(10-8-19)31-13-11-21-22(31)5-4-6-23(21)32-14-12-24(33)28-25(32)34/h4-6,11,13,19-20H,7-10,12,14-18H2,1-3H3,(H,28,33,34). The minimum atomic E-state index is -0.463. The van der Waals surface area contributed by atoms with Gasteiger partial charge in [-0.1, -0.05) is 6.07 Å². The van der Waals surface area contributed by atoms with E-state index in [2.05, 4.69) is 33.1 Å². The van der Waals surface area contributed by atoms with E-state index in [1.54, 1.807) is 4.90 Å². The van der Waals surface area contributed by atoms with E-state index in [-0.39, 0.29) is 18.0 Å². The number of aromatic nitrogens is 1. The van der Waals surface area contributed by atoms with Crippen molar-refractivity contribution in [2.45, 2.75) is 70.6 Å². The highest BCUT2D eigenvalue weighted by Gasteiger charge is 2.32. The number of ether oxygens (including phenoxy) is 1. The normalized spacial score (nSPS) is 24.2. The molecule has 2 aromatic rings. The van der Waals surface area contributed by atoms with Crippen LogP contribution in [0.1, 0.15) is 58.9 Å². The monoisotopic (exact) mass is 495 g/mol. The van der Waals surface area contributed by atoms with E-state index in [1.807, 2.05) is 37.8 Å². The summed E-state index contributed by atoms with van der Waals surface area (Å²) in [5, 5.41) is 3.47. The molecule has 1 saturated carbocycles. The van der Waals surface area contributed by atoms with Gasteiger partial charge >= 0.3 is 12.1 Å². The number of carbonyl (C=O) groups is 3. The number of benzene rings is 1. The van der Waals surface area contributed by atoms with Crippen LogP contribution in [-0.4, -0.2) is 76.8 Å². The first-order valence-electron chi connectivity index (χ1n) is 13.1. The summed E-state index contributed by atoms with van der Waals surface area (Å²) in [7, 11) is 0. The predicted octanol–water partition coefficient (Wildman–Crippen LogP) is 4.12. The van der Waals surface area contributed by atoms with Crippen molar-refractivity contribution in [3.63, 3.8) is 0 Å². The molecule has 1 aliphatic carbocycles. The molecule has 4 amide bonds. The van der Waals surface area contributed by atoms with Gasteiger partial charge in [-0.25, -0.2) is 9.59 Å². The van der Waals surface area contributed by atoms with Gasteiger partial charge in [0.25, 0.3) is 0 Å². The second-order valence-electron chi connectivity index (χ2n) is 11.2. The number of nitrogens with zero attached hydrogens (tertiary/aromatic N) is 4. The van der Waals surface area contributed by atoms with E-state index in [9.17, 15) is 14.4 Å². The maximum absolute atomic E-state index is 12.4. The molecule has 3 fully saturated rings. The van der Waals surface area contributed by atoms with E-state index < -0.39 is 5.60 Å². The molecular formula is C27H37N5O4. The molecule has 1 N–H and O–H groups in total. The Bertz CT molecular complexity index is 1140. The van der Waals surface area contributed by atoms with E-state index in [1.165, 1.54) is 0 Å². The largest absolute Gasteiger partial charge is 0.444 e. The number of carbonyl (C=O) groups excluding carboxylic acids is 3. The number of imide groups is 1. The second-order valence-corrected chi connectivity index (χ2v) is 11.2. The zero-order valence-corrected chi connectivity index (χ0v) is 21.5. The number of hydrogen-bond donors (Lipinski definition) is 1. The lowest BCUT2D eigenvalue weighted by molar-refractivity contribution is -0.120. The van der Waals surface area contributed by atoms with Crippen molar-refractivity contribution in [1.82, 2.24) is 19.7 Å². The van der Waals surface area contributed by atoms with Gasteiger partial charge in [-0.05, 0) is 64.7 Å². The first-order chi connectivity index (χ1) is 17.2. The molecule has 9 nitrogen and oxygen atoms in total. The fraction of sp³-hybridized carbons (Fsp3) is 0.593. The molecule has 0 spiro atoms. The van der Waals surface area contributed by atoms with Crippen LogP contribution in [0.4, 0.5) is 15.3 Å². The third kappa shape index (κ3) is 5.07. The molecule has 0 bridgehead atoms. The van der Waals surface area contributed by atoms with E-state index in [0.717, 1.165) is 68.5 Å². The van der Waals surface area contributed by atoms with Gasteiger partial charge in [-0.15, -0.1) is 0 Å². The number of fused-ring (bicyclic) bond motifs is 1. The summed E-state index contributed by atoms with van der Waals surface area (Å²) < 4.78 is 7.90. The van der Waals surface area contributed by atoms with Gasteiger partial charge in [0.1, 0.15) is 5.60 Å².